The Morgan fingerprint density at radius 3 is 2.94 bits per heavy atom. The lowest BCUT2D eigenvalue weighted by Crippen LogP contribution is -2.15. The summed E-state index contributed by atoms with van der Waals surface area (Å²) in [4.78, 5) is 15.3. The molecular weight excluding hydrogens is 234 g/mol. The number of ketones is 1. The van der Waals surface area contributed by atoms with Gasteiger partial charge in [0.25, 0.3) is 0 Å². The molecule has 1 heterocycles. The lowest BCUT2D eigenvalue weighted by molar-refractivity contribution is 0.0938. The van der Waals surface area contributed by atoms with Crippen LogP contribution in [0.25, 0.3) is 10.9 Å². The number of carbonyl (C=O) groups is 1. The molecule has 17 heavy (non-hydrogen) atoms. The van der Waals surface area contributed by atoms with Crippen molar-refractivity contribution in [3.8, 4) is 0 Å². The van der Waals surface area contributed by atoms with E-state index in [1.807, 2.05) is 18.2 Å². The van der Waals surface area contributed by atoms with Gasteiger partial charge in [0.15, 0.2) is 5.78 Å². The predicted molar refractivity (Wildman–Crippen MR) is 69.6 cm³/mol. The van der Waals surface area contributed by atoms with Gasteiger partial charge in [0, 0.05) is 29.1 Å². The summed E-state index contributed by atoms with van der Waals surface area (Å²) < 4.78 is 0. The van der Waals surface area contributed by atoms with E-state index < -0.39 is 0 Å². The van der Waals surface area contributed by atoms with Crippen LogP contribution in [0.5, 0.6) is 0 Å². The van der Waals surface area contributed by atoms with E-state index in [0.717, 1.165) is 16.5 Å². The fraction of sp³-hybridized carbons (Fsp3) is 0.357. The molecule has 0 radical (unpaired) electrons. The molecule has 3 heteroatoms. The number of hydrogen-bond donors (Lipinski definition) is 1. The minimum absolute atomic E-state index is 0.217. The summed E-state index contributed by atoms with van der Waals surface area (Å²) >= 11 is 6.16. The molecule has 2 nitrogen and oxygen atoms in total. The summed E-state index contributed by atoms with van der Waals surface area (Å²) in [6.45, 7) is 0. The number of halogens is 1. The highest BCUT2D eigenvalue weighted by atomic mass is 35.5. The smallest absolute Gasteiger partial charge is 0.165 e. The number of aromatic amines is 1. The first-order valence-corrected chi connectivity index (χ1v) is 6.42. The molecule has 0 aliphatic heterocycles. The molecule has 1 fully saturated rings. The standard InChI is InChI=1S/C14H14ClNO/c15-11-5-2-6-12-14(11)10(8-16-12)13(17)7-9-3-1-4-9/h2,5-6,8-9,16H,1,3-4,7H2. The molecule has 3 rings (SSSR count). The van der Waals surface area contributed by atoms with Crippen LogP contribution in [-0.4, -0.2) is 10.8 Å². The van der Waals surface area contributed by atoms with Crippen molar-refractivity contribution in [2.45, 2.75) is 25.7 Å². The van der Waals surface area contributed by atoms with Crippen LogP contribution in [0.2, 0.25) is 5.02 Å². The van der Waals surface area contributed by atoms with Crippen LogP contribution in [0.1, 0.15) is 36.0 Å². The highest BCUT2D eigenvalue weighted by molar-refractivity contribution is 6.36. The number of H-pyrrole nitrogens is 1. The van der Waals surface area contributed by atoms with Crippen molar-refractivity contribution in [2.75, 3.05) is 0 Å². The van der Waals surface area contributed by atoms with Gasteiger partial charge in [0.2, 0.25) is 0 Å². The third-order valence-corrected chi connectivity index (χ3v) is 3.97. The van der Waals surface area contributed by atoms with Crippen molar-refractivity contribution < 1.29 is 4.79 Å². The highest BCUT2D eigenvalue weighted by Crippen LogP contribution is 2.33. The number of nitrogens with one attached hydrogen (secondary N) is 1. The Bertz CT molecular complexity index is 569. The zero-order chi connectivity index (χ0) is 11.8. The summed E-state index contributed by atoms with van der Waals surface area (Å²) in [7, 11) is 0. The van der Waals surface area contributed by atoms with Crippen LogP contribution in [0, 0.1) is 5.92 Å². The molecule has 0 unspecified atom stereocenters. The Morgan fingerprint density at radius 2 is 2.24 bits per heavy atom. The number of aromatic nitrogens is 1. The summed E-state index contributed by atoms with van der Waals surface area (Å²) in [5, 5.41) is 1.53. The quantitative estimate of drug-likeness (QED) is 0.811. The molecule has 0 amide bonds. The fourth-order valence-electron chi connectivity index (χ4n) is 2.43. The van der Waals surface area contributed by atoms with Gasteiger partial charge in [-0.1, -0.05) is 36.9 Å². The number of carbonyl (C=O) groups excluding carboxylic acids is 1. The van der Waals surface area contributed by atoms with Crippen LogP contribution in [-0.2, 0) is 0 Å². The van der Waals surface area contributed by atoms with Crippen LogP contribution >= 0.6 is 11.6 Å². The maximum atomic E-state index is 12.2. The van der Waals surface area contributed by atoms with Crippen LogP contribution in [0.15, 0.2) is 24.4 Å². The molecule has 1 aliphatic carbocycles. The van der Waals surface area contributed by atoms with E-state index in [2.05, 4.69) is 4.98 Å². The van der Waals surface area contributed by atoms with Crippen LogP contribution < -0.4 is 0 Å². The summed E-state index contributed by atoms with van der Waals surface area (Å²) in [6.07, 6.45) is 6.12. The summed E-state index contributed by atoms with van der Waals surface area (Å²) in [6, 6.07) is 5.67. The number of fused-ring (bicyclic) bond motifs is 1. The minimum atomic E-state index is 0.217. The second-order valence-electron chi connectivity index (χ2n) is 4.79. The van der Waals surface area contributed by atoms with Crippen molar-refractivity contribution >= 4 is 28.3 Å². The number of hydrogen-bond acceptors (Lipinski definition) is 1. The van der Waals surface area contributed by atoms with Gasteiger partial charge in [0.05, 0.1) is 5.02 Å². The van der Waals surface area contributed by atoms with E-state index in [1.54, 1.807) is 6.20 Å². The summed E-state index contributed by atoms with van der Waals surface area (Å²) in [5.41, 5.74) is 1.69. The van der Waals surface area contributed by atoms with E-state index in [0.29, 0.717) is 17.4 Å². The molecular formula is C14H14ClNO. The van der Waals surface area contributed by atoms with Gasteiger partial charge >= 0.3 is 0 Å². The molecule has 88 valence electrons. The Morgan fingerprint density at radius 1 is 1.41 bits per heavy atom. The van der Waals surface area contributed by atoms with Crippen molar-refractivity contribution in [3.63, 3.8) is 0 Å². The Kier molecular flexibility index (Phi) is 2.67. The van der Waals surface area contributed by atoms with Crippen LogP contribution in [0.3, 0.4) is 0 Å². The lowest BCUT2D eigenvalue weighted by atomic mass is 9.81. The number of Topliss-reactive ketones (excluding diaryl/α,β-unsaturated/α-hetero) is 1. The third-order valence-electron chi connectivity index (χ3n) is 3.65. The molecule has 0 atom stereocenters. The average molecular weight is 248 g/mol. The SMILES string of the molecule is O=C(CC1CCC1)c1c[nH]c2cccc(Cl)c12. The molecule has 1 saturated carbocycles. The molecule has 1 aromatic carbocycles. The zero-order valence-electron chi connectivity index (χ0n) is 9.50. The lowest BCUT2D eigenvalue weighted by Gasteiger charge is -2.24. The van der Waals surface area contributed by atoms with Gasteiger partial charge in [-0.2, -0.15) is 0 Å². The molecule has 1 aromatic heterocycles. The normalized spacial score (nSPS) is 16.1. The maximum absolute atomic E-state index is 12.2. The molecule has 2 aromatic rings. The Hall–Kier alpha value is -1.28. The van der Waals surface area contributed by atoms with E-state index >= 15 is 0 Å². The molecule has 0 spiro atoms. The van der Waals surface area contributed by atoms with E-state index in [4.69, 9.17) is 11.6 Å². The van der Waals surface area contributed by atoms with Crippen molar-refractivity contribution in [3.05, 3.63) is 35.0 Å². The second kappa shape index (κ2) is 4.19. The predicted octanol–water partition coefficient (Wildman–Crippen LogP) is 4.19. The Balaban J connectivity index is 1.96. The zero-order valence-corrected chi connectivity index (χ0v) is 10.3. The van der Waals surface area contributed by atoms with E-state index in [1.165, 1.54) is 19.3 Å². The molecule has 0 saturated heterocycles. The van der Waals surface area contributed by atoms with Gasteiger partial charge in [-0.05, 0) is 18.1 Å². The first-order chi connectivity index (χ1) is 8.25. The first-order valence-electron chi connectivity index (χ1n) is 6.04. The van der Waals surface area contributed by atoms with Crippen molar-refractivity contribution in [1.82, 2.24) is 4.98 Å². The fourth-order valence-corrected chi connectivity index (χ4v) is 2.71. The van der Waals surface area contributed by atoms with Gasteiger partial charge in [0.1, 0.15) is 0 Å². The van der Waals surface area contributed by atoms with Gasteiger partial charge in [-0.15, -0.1) is 0 Å². The first kappa shape index (κ1) is 10.8. The van der Waals surface area contributed by atoms with Gasteiger partial charge in [-0.25, -0.2) is 0 Å². The monoisotopic (exact) mass is 247 g/mol. The van der Waals surface area contributed by atoms with E-state index in [9.17, 15) is 4.79 Å². The molecule has 1 aliphatic rings. The van der Waals surface area contributed by atoms with Gasteiger partial charge in [-0.3, -0.25) is 4.79 Å². The van der Waals surface area contributed by atoms with Crippen LogP contribution in [0.4, 0.5) is 0 Å². The maximum Gasteiger partial charge on any atom is 0.165 e. The average Bonchev–Trinajstić information content (AvgIpc) is 2.68. The molecule has 0 bridgehead atoms. The second-order valence-corrected chi connectivity index (χ2v) is 5.20. The highest BCUT2D eigenvalue weighted by Gasteiger charge is 2.23. The Labute approximate surface area is 105 Å². The van der Waals surface area contributed by atoms with Crippen molar-refractivity contribution in [2.24, 2.45) is 5.92 Å². The minimum Gasteiger partial charge on any atom is -0.360 e. The van der Waals surface area contributed by atoms with Gasteiger partial charge < -0.3 is 4.98 Å². The van der Waals surface area contributed by atoms with Crippen molar-refractivity contribution in [1.29, 1.82) is 0 Å². The number of benzene rings is 1. The number of rotatable bonds is 3. The third kappa shape index (κ3) is 1.87. The topological polar surface area (TPSA) is 32.9 Å². The summed E-state index contributed by atoms with van der Waals surface area (Å²) in [5.74, 6) is 0.809. The molecule has 1 N–H and O–H groups in total. The van der Waals surface area contributed by atoms with E-state index in [-0.39, 0.29) is 5.78 Å². The largest absolute Gasteiger partial charge is 0.360 e.